The van der Waals surface area contributed by atoms with E-state index in [1.54, 1.807) is 25.3 Å². The van der Waals surface area contributed by atoms with Crippen molar-refractivity contribution in [2.75, 3.05) is 18.2 Å². The summed E-state index contributed by atoms with van der Waals surface area (Å²) in [6.07, 6.45) is 0. The first kappa shape index (κ1) is 14.9. The highest BCUT2D eigenvalue weighted by Gasteiger charge is 2.09. The lowest BCUT2D eigenvalue weighted by molar-refractivity contribution is 0.102. The molecule has 1 amide bonds. The van der Waals surface area contributed by atoms with Crippen molar-refractivity contribution in [1.29, 1.82) is 0 Å². The minimum Gasteiger partial charge on any atom is -0.497 e. The topological polar surface area (TPSA) is 64.3 Å². The highest BCUT2D eigenvalue weighted by atomic mass is 16.5. The molecule has 110 valence electrons. The number of benzene rings is 2. The minimum absolute atomic E-state index is 0.210. The van der Waals surface area contributed by atoms with Gasteiger partial charge in [0.2, 0.25) is 0 Å². The Morgan fingerprint density at radius 3 is 2.38 bits per heavy atom. The van der Waals surface area contributed by atoms with Crippen LogP contribution in [-0.2, 0) is 0 Å². The third-order valence-corrected chi connectivity index (χ3v) is 3.26. The van der Waals surface area contributed by atoms with Crippen LogP contribution in [0.15, 0.2) is 42.5 Å². The van der Waals surface area contributed by atoms with Crippen molar-refractivity contribution in [3.05, 3.63) is 53.6 Å². The van der Waals surface area contributed by atoms with Crippen LogP contribution in [0.1, 0.15) is 35.7 Å². The van der Waals surface area contributed by atoms with E-state index in [2.05, 4.69) is 19.2 Å². The van der Waals surface area contributed by atoms with Gasteiger partial charge in [-0.2, -0.15) is 0 Å². The summed E-state index contributed by atoms with van der Waals surface area (Å²) >= 11 is 0. The summed E-state index contributed by atoms with van der Waals surface area (Å²) in [6.45, 7) is 4.26. The number of nitrogen functional groups attached to an aromatic ring is 1. The molecule has 0 aliphatic rings. The second-order valence-corrected chi connectivity index (χ2v) is 5.23. The molecule has 2 aromatic carbocycles. The number of methoxy groups -OCH3 is 1. The molecule has 21 heavy (non-hydrogen) atoms. The van der Waals surface area contributed by atoms with Crippen LogP contribution in [-0.4, -0.2) is 13.0 Å². The van der Waals surface area contributed by atoms with E-state index in [9.17, 15) is 4.79 Å². The number of carbonyl (C=O) groups is 1. The van der Waals surface area contributed by atoms with Gasteiger partial charge in [-0.15, -0.1) is 0 Å². The van der Waals surface area contributed by atoms with Crippen LogP contribution in [0.5, 0.6) is 5.75 Å². The second kappa shape index (κ2) is 6.31. The molecule has 3 N–H and O–H groups in total. The third-order valence-electron chi connectivity index (χ3n) is 3.26. The Hall–Kier alpha value is -2.49. The molecule has 0 aliphatic heterocycles. The summed E-state index contributed by atoms with van der Waals surface area (Å²) in [4.78, 5) is 12.2. The molecule has 0 bridgehead atoms. The van der Waals surface area contributed by atoms with E-state index in [4.69, 9.17) is 10.5 Å². The second-order valence-electron chi connectivity index (χ2n) is 5.23. The molecule has 0 atom stereocenters. The smallest absolute Gasteiger partial charge is 0.255 e. The van der Waals surface area contributed by atoms with Crippen LogP contribution in [0.2, 0.25) is 0 Å². The summed E-state index contributed by atoms with van der Waals surface area (Å²) in [6, 6.07) is 12.8. The molecule has 0 radical (unpaired) electrons. The molecular formula is C17H20N2O2. The first-order valence-corrected chi connectivity index (χ1v) is 6.85. The monoisotopic (exact) mass is 284 g/mol. The average molecular weight is 284 g/mol. The Labute approximate surface area is 124 Å². The van der Waals surface area contributed by atoms with Gasteiger partial charge >= 0.3 is 0 Å². The maximum atomic E-state index is 12.2. The summed E-state index contributed by atoms with van der Waals surface area (Å²) in [5, 5.41) is 2.85. The normalized spacial score (nSPS) is 10.5. The fourth-order valence-electron chi connectivity index (χ4n) is 2.03. The summed E-state index contributed by atoms with van der Waals surface area (Å²) in [5.41, 5.74) is 8.72. The van der Waals surface area contributed by atoms with Crippen LogP contribution in [0.25, 0.3) is 0 Å². The van der Waals surface area contributed by atoms with E-state index in [-0.39, 0.29) is 5.91 Å². The standard InChI is InChI=1S/C17H20N2O2/c1-11(2)12-4-6-15(7-5-12)19-17(20)13-8-14(18)10-16(9-13)21-3/h4-11H,18H2,1-3H3,(H,19,20). The van der Waals surface area contributed by atoms with Gasteiger partial charge in [-0.3, -0.25) is 4.79 Å². The Balaban J connectivity index is 2.15. The molecule has 0 aromatic heterocycles. The molecule has 0 fully saturated rings. The molecule has 4 heteroatoms. The van der Waals surface area contributed by atoms with E-state index in [1.165, 1.54) is 5.56 Å². The molecule has 0 spiro atoms. The molecule has 0 saturated heterocycles. The van der Waals surface area contributed by atoms with E-state index < -0.39 is 0 Å². The van der Waals surface area contributed by atoms with Gasteiger partial charge in [0.15, 0.2) is 0 Å². The maximum Gasteiger partial charge on any atom is 0.255 e. The van der Waals surface area contributed by atoms with Crippen molar-refractivity contribution in [2.45, 2.75) is 19.8 Å². The zero-order valence-electron chi connectivity index (χ0n) is 12.5. The zero-order valence-corrected chi connectivity index (χ0v) is 12.5. The first-order chi connectivity index (χ1) is 9.99. The fourth-order valence-corrected chi connectivity index (χ4v) is 2.03. The zero-order chi connectivity index (χ0) is 15.4. The van der Waals surface area contributed by atoms with Gasteiger partial charge in [0.1, 0.15) is 5.75 Å². The van der Waals surface area contributed by atoms with Gasteiger partial charge in [0, 0.05) is 23.0 Å². The Morgan fingerprint density at radius 1 is 1.14 bits per heavy atom. The molecule has 2 rings (SSSR count). The predicted octanol–water partition coefficient (Wildman–Crippen LogP) is 3.65. The molecule has 4 nitrogen and oxygen atoms in total. The fraction of sp³-hybridized carbons (Fsp3) is 0.235. The summed E-state index contributed by atoms with van der Waals surface area (Å²) in [7, 11) is 1.54. The van der Waals surface area contributed by atoms with Crippen LogP contribution in [0.3, 0.4) is 0 Å². The van der Waals surface area contributed by atoms with Crippen molar-refractivity contribution in [3.8, 4) is 5.75 Å². The van der Waals surface area contributed by atoms with Crippen LogP contribution >= 0.6 is 0 Å². The molecular weight excluding hydrogens is 264 g/mol. The van der Waals surface area contributed by atoms with Crippen LogP contribution in [0, 0.1) is 0 Å². The number of amides is 1. The summed E-state index contributed by atoms with van der Waals surface area (Å²) < 4.78 is 5.12. The lowest BCUT2D eigenvalue weighted by Crippen LogP contribution is -2.12. The maximum absolute atomic E-state index is 12.2. The number of hydrogen-bond donors (Lipinski definition) is 2. The van der Waals surface area contributed by atoms with Gasteiger partial charge in [0.25, 0.3) is 5.91 Å². The van der Waals surface area contributed by atoms with E-state index >= 15 is 0 Å². The highest BCUT2D eigenvalue weighted by Crippen LogP contribution is 2.21. The molecule has 2 aromatic rings. The molecule has 0 unspecified atom stereocenters. The van der Waals surface area contributed by atoms with Crippen molar-refractivity contribution < 1.29 is 9.53 Å². The van der Waals surface area contributed by atoms with Gasteiger partial charge in [-0.25, -0.2) is 0 Å². The third kappa shape index (κ3) is 3.75. The van der Waals surface area contributed by atoms with Gasteiger partial charge in [-0.1, -0.05) is 26.0 Å². The first-order valence-electron chi connectivity index (χ1n) is 6.85. The van der Waals surface area contributed by atoms with Gasteiger partial charge in [0.05, 0.1) is 7.11 Å². The average Bonchev–Trinajstić information content (AvgIpc) is 2.47. The number of nitrogens with one attached hydrogen (secondary N) is 1. The largest absolute Gasteiger partial charge is 0.497 e. The number of rotatable bonds is 4. The van der Waals surface area contributed by atoms with E-state index in [1.807, 2.05) is 24.3 Å². The van der Waals surface area contributed by atoms with E-state index in [0.717, 1.165) is 5.69 Å². The minimum atomic E-state index is -0.210. The number of hydrogen-bond acceptors (Lipinski definition) is 3. The van der Waals surface area contributed by atoms with Crippen molar-refractivity contribution in [1.82, 2.24) is 0 Å². The Kier molecular flexibility index (Phi) is 4.48. The van der Waals surface area contributed by atoms with Crippen molar-refractivity contribution >= 4 is 17.3 Å². The predicted molar refractivity (Wildman–Crippen MR) is 85.9 cm³/mol. The van der Waals surface area contributed by atoms with Gasteiger partial charge < -0.3 is 15.8 Å². The van der Waals surface area contributed by atoms with Crippen LogP contribution in [0.4, 0.5) is 11.4 Å². The number of carbonyl (C=O) groups excluding carboxylic acids is 1. The lowest BCUT2D eigenvalue weighted by Gasteiger charge is -2.10. The molecule has 0 saturated carbocycles. The van der Waals surface area contributed by atoms with Crippen molar-refractivity contribution in [3.63, 3.8) is 0 Å². The highest BCUT2D eigenvalue weighted by molar-refractivity contribution is 6.05. The molecule has 0 aliphatic carbocycles. The summed E-state index contributed by atoms with van der Waals surface area (Å²) in [5.74, 6) is 0.820. The van der Waals surface area contributed by atoms with Crippen molar-refractivity contribution in [2.24, 2.45) is 0 Å². The Bertz CT molecular complexity index is 634. The van der Waals surface area contributed by atoms with Gasteiger partial charge in [-0.05, 0) is 35.7 Å². The quantitative estimate of drug-likeness (QED) is 0.842. The lowest BCUT2D eigenvalue weighted by atomic mass is 10.0. The number of ether oxygens (including phenoxy) is 1. The van der Waals surface area contributed by atoms with E-state index in [0.29, 0.717) is 22.9 Å². The Morgan fingerprint density at radius 2 is 1.81 bits per heavy atom. The SMILES string of the molecule is COc1cc(N)cc(C(=O)Nc2ccc(C(C)C)cc2)c1. The number of anilines is 2. The molecule has 0 heterocycles. The van der Waals surface area contributed by atoms with Crippen LogP contribution < -0.4 is 15.8 Å². The number of nitrogens with two attached hydrogens (primary N) is 1.